The van der Waals surface area contributed by atoms with Crippen molar-refractivity contribution in [1.29, 1.82) is 0 Å². The van der Waals surface area contributed by atoms with E-state index in [4.69, 9.17) is 14.5 Å². The molecule has 29 heavy (non-hydrogen) atoms. The standard InChI is InChI=1S/C25H30N2O2/c1-17-9-10-22-18(13-17)14-19(16-26-20-11-12-29-25(2,3)15-20)24(27-22)21-7-5-6-8-23(21)28-4/h5-10,13-14,20,26H,11-12,15-16H2,1-4H3. The molecule has 0 radical (unpaired) electrons. The van der Waals surface area contributed by atoms with Gasteiger partial charge in [-0.25, -0.2) is 4.98 Å². The van der Waals surface area contributed by atoms with Crippen molar-refractivity contribution >= 4 is 10.9 Å². The van der Waals surface area contributed by atoms with E-state index < -0.39 is 0 Å². The molecule has 1 N–H and O–H groups in total. The molecule has 1 fully saturated rings. The van der Waals surface area contributed by atoms with E-state index in [2.05, 4.69) is 56.4 Å². The van der Waals surface area contributed by atoms with Crippen LogP contribution in [0.2, 0.25) is 0 Å². The van der Waals surface area contributed by atoms with Gasteiger partial charge in [-0.3, -0.25) is 0 Å². The van der Waals surface area contributed by atoms with E-state index >= 15 is 0 Å². The first-order chi connectivity index (χ1) is 13.9. The molecule has 1 aliphatic rings. The van der Waals surface area contributed by atoms with Crippen LogP contribution in [0.5, 0.6) is 5.75 Å². The molecule has 152 valence electrons. The Balaban J connectivity index is 1.72. The fourth-order valence-corrected chi connectivity index (χ4v) is 4.21. The van der Waals surface area contributed by atoms with E-state index in [1.54, 1.807) is 7.11 Å². The Morgan fingerprint density at radius 1 is 1.17 bits per heavy atom. The minimum atomic E-state index is -0.0693. The van der Waals surface area contributed by atoms with Crippen LogP contribution < -0.4 is 10.1 Å². The molecule has 1 unspecified atom stereocenters. The predicted octanol–water partition coefficient (Wildman–Crippen LogP) is 5.27. The lowest BCUT2D eigenvalue weighted by Crippen LogP contribution is -2.43. The Hall–Kier alpha value is -2.43. The number of ether oxygens (including phenoxy) is 2. The normalized spacial score (nSPS) is 18.7. The monoisotopic (exact) mass is 390 g/mol. The summed E-state index contributed by atoms with van der Waals surface area (Å²) in [4.78, 5) is 5.04. The summed E-state index contributed by atoms with van der Waals surface area (Å²) in [6.07, 6.45) is 2.05. The Morgan fingerprint density at radius 2 is 2.00 bits per heavy atom. The molecule has 0 spiro atoms. The highest BCUT2D eigenvalue weighted by molar-refractivity contribution is 5.85. The molecule has 1 aliphatic heterocycles. The van der Waals surface area contributed by atoms with Crippen LogP contribution in [-0.4, -0.2) is 30.3 Å². The van der Waals surface area contributed by atoms with Crippen molar-refractivity contribution in [3.63, 3.8) is 0 Å². The van der Waals surface area contributed by atoms with Crippen LogP contribution in [0.15, 0.2) is 48.5 Å². The summed E-state index contributed by atoms with van der Waals surface area (Å²) in [5.41, 5.74) is 5.39. The molecule has 2 aromatic carbocycles. The van der Waals surface area contributed by atoms with Gasteiger partial charge in [-0.1, -0.05) is 23.8 Å². The van der Waals surface area contributed by atoms with Gasteiger partial charge < -0.3 is 14.8 Å². The van der Waals surface area contributed by atoms with Crippen LogP contribution >= 0.6 is 0 Å². The average Bonchev–Trinajstić information content (AvgIpc) is 2.71. The Kier molecular flexibility index (Phi) is 5.57. The third-order valence-electron chi connectivity index (χ3n) is 5.69. The molecule has 1 aromatic heterocycles. The zero-order chi connectivity index (χ0) is 20.4. The fraction of sp³-hybridized carbons (Fsp3) is 0.400. The lowest BCUT2D eigenvalue weighted by molar-refractivity contribution is -0.0630. The van der Waals surface area contributed by atoms with E-state index in [1.807, 2.05) is 18.2 Å². The van der Waals surface area contributed by atoms with E-state index in [0.717, 1.165) is 48.5 Å². The molecule has 0 saturated carbocycles. The fourth-order valence-electron chi connectivity index (χ4n) is 4.21. The highest BCUT2D eigenvalue weighted by atomic mass is 16.5. The quantitative estimate of drug-likeness (QED) is 0.645. The highest BCUT2D eigenvalue weighted by Gasteiger charge is 2.28. The molecule has 4 rings (SSSR count). The zero-order valence-corrected chi connectivity index (χ0v) is 17.8. The van der Waals surface area contributed by atoms with Crippen molar-refractivity contribution < 1.29 is 9.47 Å². The second-order valence-electron chi connectivity index (χ2n) is 8.57. The lowest BCUT2D eigenvalue weighted by atomic mass is 9.93. The molecule has 0 bridgehead atoms. The SMILES string of the molecule is COc1ccccc1-c1nc2ccc(C)cc2cc1CNC1CCOC(C)(C)C1. The number of hydrogen-bond acceptors (Lipinski definition) is 4. The third-order valence-corrected chi connectivity index (χ3v) is 5.69. The summed E-state index contributed by atoms with van der Waals surface area (Å²) in [6.45, 7) is 8.03. The summed E-state index contributed by atoms with van der Waals surface area (Å²) in [5.74, 6) is 0.847. The van der Waals surface area contributed by atoms with Crippen molar-refractivity contribution in [2.24, 2.45) is 0 Å². The van der Waals surface area contributed by atoms with Crippen molar-refractivity contribution in [1.82, 2.24) is 10.3 Å². The molecule has 2 heterocycles. The number of pyridine rings is 1. The van der Waals surface area contributed by atoms with Crippen LogP contribution in [0.25, 0.3) is 22.2 Å². The van der Waals surface area contributed by atoms with Gasteiger partial charge in [0.15, 0.2) is 0 Å². The van der Waals surface area contributed by atoms with E-state index in [9.17, 15) is 0 Å². The topological polar surface area (TPSA) is 43.4 Å². The summed E-state index contributed by atoms with van der Waals surface area (Å²) in [5, 5.41) is 4.93. The summed E-state index contributed by atoms with van der Waals surface area (Å²) in [6, 6.07) is 17.2. The second kappa shape index (κ2) is 8.13. The number of benzene rings is 2. The summed E-state index contributed by atoms with van der Waals surface area (Å²) < 4.78 is 11.5. The minimum Gasteiger partial charge on any atom is -0.496 e. The molecule has 3 aromatic rings. The van der Waals surface area contributed by atoms with Crippen molar-refractivity contribution in [3.05, 3.63) is 59.7 Å². The minimum absolute atomic E-state index is 0.0693. The number of para-hydroxylation sites is 1. The lowest BCUT2D eigenvalue weighted by Gasteiger charge is -2.36. The van der Waals surface area contributed by atoms with Gasteiger partial charge in [0.05, 0.1) is 23.9 Å². The number of nitrogens with zero attached hydrogens (tertiary/aromatic N) is 1. The molecule has 4 heteroatoms. The molecule has 0 amide bonds. The second-order valence-corrected chi connectivity index (χ2v) is 8.57. The molecule has 4 nitrogen and oxygen atoms in total. The average molecular weight is 391 g/mol. The largest absolute Gasteiger partial charge is 0.496 e. The molecule has 1 atom stereocenters. The van der Waals surface area contributed by atoms with Gasteiger partial charge in [0.1, 0.15) is 5.75 Å². The van der Waals surface area contributed by atoms with E-state index in [-0.39, 0.29) is 5.60 Å². The number of fused-ring (bicyclic) bond motifs is 1. The van der Waals surface area contributed by atoms with Crippen molar-refractivity contribution in [2.45, 2.75) is 51.8 Å². The van der Waals surface area contributed by atoms with Crippen LogP contribution in [0.3, 0.4) is 0 Å². The number of hydrogen-bond donors (Lipinski definition) is 1. The van der Waals surface area contributed by atoms with Gasteiger partial charge >= 0.3 is 0 Å². The highest BCUT2D eigenvalue weighted by Crippen LogP contribution is 2.33. The number of aromatic nitrogens is 1. The van der Waals surface area contributed by atoms with Crippen molar-refractivity contribution in [2.75, 3.05) is 13.7 Å². The van der Waals surface area contributed by atoms with E-state index in [0.29, 0.717) is 6.04 Å². The molecule has 0 aliphatic carbocycles. The van der Waals surface area contributed by atoms with Crippen molar-refractivity contribution in [3.8, 4) is 17.0 Å². The van der Waals surface area contributed by atoms with Crippen LogP contribution in [0.4, 0.5) is 0 Å². The zero-order valence-electron chi connectivity index (χ0n) is 17.8. The summed E-state index contributed by atoms with van der Waals surface area (Å²) >= 11 is 0. The predicted molar refractivity (Wildman–Crippen MR) is 118 cm³/mol. The molecular weight excluding hydrogens is 360 g/mol. The van der Waals surface area contributed by atoms with Gasteiger partial charge in [-0.05, 0) is 69.5 Å². The van der Waals surface area contributed by atoms with Crippen LogP contribution in [0, 0.1) is 6.92 Å². The maximum atomic E-state index is 5.87. The first-order valence-corrected chi connectivity index (χ1v) is 10.4. The van der Waals surface area contributed by atoms with Gasteiger partial charge in [-0.15, -0.1) is 0 Å². The van der Waals surface area contributed by atoms with Gasteiger partial charge in [0.25, 0.3) is 0 Å². The smallest absolute Gasteiger partial charge is 0.128 e. The third kappa shape index (κ3) is 4.44. The first-order valence-electron chi connectivity index (χ1n) is 10.4. The Labute approximate surface area is 173 Å². The van der Waals surface area contributed by atoms with Gasteiger partial charge in [0, 0.05) is 30.1 Å². The van der Waals surface area contributed by atoms with Gasteiger partial charge in [0.2, 0.25) is 0 Å². The number of nitrogens with one attached hydrogen (secondary N) is 1. The van der Waals surface area contributed by atoms with Crippen LogP contribution in [0.1, 0.15) is 37.8 Å². The number of aryl methyl sites for hydroxylation is 1. The number of methoxy groups -OCH3 is 1. The summed E-state index contributed by atoms with van der Waals surface area (Å²) in [7, 11) is 1.71. The van der Waals surface area contributed by atoms with Gasteiger partial charge in [-0.2, -0.15) is 0 Å². The molecule has 1 saturated heterocycles. The number of rotatable bonds is 5. The first kappa shape index (κ1) is 19.9. The maximum Gasteiger partial charge on any atom is 0.128 e. The molecular formula is C25H30N2O2. The Morgan fingerprint density at radius 3 is 2.79 bits per heavy atom. The van der Waals surface area contributed by atoms with Crippen LogP contribution in [-0.2, 0) is 11.3 Å². The Bertz CT molecular complexity index is 1010. The maximum absolute atomic E-state index is 5.87. The van der Waals surface area contributed by atoms with E-state index in [1.165, 1.54) is 16.5 Å².